The average Bonchev–Trinajstić information content (AvgIpc) is 2.39. The predicted octanol–water partition coefficient (Wildman–Crippen LogP) is 5.08. The molecule has 2 aromatic rings. The third kappa shape index (κ3) is 3.62. The smallest absolute Gasteiger partial charge is 0.153 e. The molecule has 0 aliphatic carbocycles. The Hall–Kier alpha value is -0.410. The summed E-state index contributed by atoms with van der Waals surface area (Å²) in [5.74, 6) is 0.0195. The van der Waals surface area contributed by atoms with Gasteiger partial charge in [-0.1, -0.05) is 17.7 Å². The van der Waals surface area contributed by atoms with Gasteiger partial charge >= 0.3 is 0 Å². The zero-order chi connectivity index (χ0) is 14.7. The van der Waals surface area contributed by atoms with E-state index in [0.29, 0.717) is 16.3 Å². The number of benzene rings is 2. The average molecular weight is 516 g/mol. The van der Waals surface area contributed by atoms with Gasteiger partial charge in [0.2, 0.25) is 0 Å². The third-order valence-electron chi connectivity index (χ3n) is 2.59. The van der Waals surface area contributed by atoms with Crippen molar-refractivity contribution in [2.45, 2.75) is 6.61 Å². The Balaban J connectivity index is 2.30. The first-order valence-corrected chi connectivity index (χ1v) is 8.06. The Kier molecular flexibility index (Phi) is 5.62. The summed E-state index contributed by atoms with van der Waals surface area (Å²) in [4.78, 5) is 11.1. The third-order valence-corrected chi connectivity index (χ3v) is 4.36. The summed E-state index contributed by atoms with van der Waals surface area (Å²) in [7, 11) is 0. The van der Waals surface area contributed by atoms with Crippen molar-refractivity contribution < 1.29 is 13.9 Å². The van der Waals surface area contributed by atoms with Crippen LogP contribution in [0.3, 0.4) is 0 Å². The van der Waals surface area contributed by atoms with Crippen LogP contribution in [0.1, 0.15) is 15.9 Å². The van der Waals surface area contributed by atoms with E-state index in [9.17, 15) is 9.18 Å². The van der Waals surface area contributed by atoms with Crippen LogP contribution < -0.4 is 4.74 Å². The molecule has 0 spiro atoms. The molecule has 0 saturated heterocycles. The highest BCUT2D eigenvalue weighted by molar-refractivity contribution is 14.1. The molecule has 0 aliphatic rings. The number of carbonyl (C=O) groups is 1. The van der Waals surface area contributed by atoms with Crippen molar-refractivity contribution in [3.63, 3.8) is 0 Å². The molecule has 2 rings (SSSR count). The number of carbonyl (C=O) groups excluding carboxylic acids is 1. The summed E-state index contributed by atoms with van der Waals surface area (Å²) < 4.78 is 21.0. The van der Waals surface area contributed by atoms with E-state index in [1.807, 2.05) is 6.07 Å². The Morgan fingerprint density at radius 2 is 2.05 bits per heavy atom. The fourth-order valence-electron chi connectivity index (χ4n) is 1.63. The van der Waals surface area contributed by atoms with Crippen LogP contribution in [0.2, 0.25) is 5.02 Å². The summed E-state index contributed by atoms with van der Waals surface area (Å²) >= 11 is 10.1. The molecule has 2 aromatic carbocycles. The van der Waals surface area contributed by atoms with Gasteiger partial charge in [0.1, 0.15) is 18.2 Å². The second-order valence-corrected chi connectivity index (χ2v) is 6.73. The van der Waals surface area contributed by atoms with E-state index in [1.54, 1.807) is 12.1 Å². The van der Waals surface area contributed by atoms with Gasteiger partial charge in [-0.3, -0.25) is 4.79 Å². The normalized spacial score (nSPS) is 10.4. The van der Waals surface area contributed by atoms with E-state index < -0.39 is 5.82 Å². The number of hydrogen-bond donors (Lipinski definition) is 0. The van der Waals surface area contributed by atoms with Crippen LogP contribution in [0, 0.1) is 13.0 Å². The summed E-state index contributed by atoms with van der Waals surface area (Å²) in [6, 6.07) is 8.06. The molecule has 0 atom stereocenters. The van der Waals surface area contributed by atoms with Crippen LogP contribution in [0.5, 0.6) is 5.75 Å². The van der Waals surface area contributed by atoms with Crippen LogP contribution in [-0.2, 0) is 6.61 Å². The second-order valence-electron chi connectivity index (χ2n) is 3.91. The first-order chi connectivity index (χ1) is 9.52. The molecule has 0 heterocycles. The molecule has 0 bridgehead atoms. The molecular weight excluding hydrogens is 508 g/mol. The van der Waals surface area contributed by atoms with E-state index in [4.69, 9.17) is 16.3 Å². The molecule has 0 radical (unpaired) electrons. The second kappa shape index (κ2) is 7.04. The van der Waals surface area contributed by atoms with Crippen LogP contribution >= 0.6 is 56.8 Å². The van der Waals surface area contributed by atoms with Gasteiger partial charge in [0, 0.05) is 9.13 Å². The number of hydrogen-bond acceptors (Lipinski definition) is 2. The van der Waals surface area contributed by atoms with Crippen molar-refractivity contribution in [2.75, 3.05) is 0 Å². The maximum atomic E-state index is 13.7. The molecular formula is C14H8ClFI2O2. The largest absolute Gasteiger partial charge is 0.487 e. The highest BCUT2D eigenvalue weighted by Gasteiger charge is 2.13. The van der Waals surface area contributed by atoms with Crippen molar-refractivity contribution in [2.24, 2.45) is 0 Å². The monoisotopic (exact) mass is 516 g/mol. The van der Waals surface area contributed by atoms with E-state index >= 15 is 0 Å². The minimum absolute atomic E-state index is 0.0249. The minimum atomic E-state index is -0.425. The Morgan fingerprint density at radius 3 is 2.70 bits per heavy atom. The summed E-state index contributed by atoms with van der Waals surface area (Å²) in [5.41, 5.74) is 0.717. The lowest BCUT2D eigenvalue weighted by Crippen LogP contribution is -2.03. The van der Waals surface area contributed by atoms with Gasteiger partial charge in [0.25, 0.3) is 0 Å². The van der Waals surface area contributed by atoms with Crippen molar-refractivity contribution >= 4 is 63.1 Å². The maximum Gasteiger partial charge on any atom is 0.153 e. The van der Waals surface area contributed by atoms with Crippen LogP contribution in [-0.4, -0.2) is 6.29 Å². The van der Waals surface area contributed by atoms with Crippen LogP contribution in [0.25, 0.3) is 0 Å². The van der Waals surface area contributed by atoms with Gasteiger partial charge in [-0.25, -0.2) is 4.39 Å². The molecule has 0 unspecified atom stereocenters. The van der Waals surface area contributed by atoms with Crippen molar-refractivity contribution in [1.82, 2.24) is 0 Å². The van der Waals surface area contributed by atoms with Gasteiger partial charge in [-0.05, 0) is 69.4 Å². The molecule has 104 valence electrons. The van der Waals surface area contributed by atoms with Gasteiger partial charge in [-0.2, -0.15) is 0 Å². The first kappa shape index (κ1) is 16.0. The molecule has 2 nitrogen and oxygen atoms in total. The predicted molar refractivity (Wildman–Crippen MR) is 93.0 cm³/mol. The summed E-state index contributed by atoms with van der Waals surface area (Å²) in [5, 5.41) is 0.304. The minimum Gasteiger partial charge on any atom is -0.487 e. The molecule has 0 amide bonds. The van der Waals surface area contributed by atoms with Crippen molar-refractivity contribution in [3.8, 4) is 5.75 Å². The van der Waals surface area contributed by atoms with Crippen LogP contribution in [0.4, 0.5) is 4.39 Å². The van der Waals surface area contributed by atoms with Gasteiger partial charge < -0.3 is 4.74 Å². The quantitative estimate of drug-likeness (QED) is 0.419. The van der Waals surface area contributed by atoms with Crippen LogP contribution in [0.15, 0.2) is 30.3 Å². The van der Waals surface area contributed by atoms with E-state index in [2.05, 4.69) is 45.2 Å². The zero-order valence-electron chi connectivity index (χ0n) is 10.00. The Morgan fingerprint density at radius 1 is 1.30 bits per heavy atom. The summed E-state index contributed by atoms with van der Waals surface area (Å²) in [6.07, 6.45) is 0.725. The highest BCUT2D eigenvalue weighted by Crippen LogP contribution is 2.29. The van der Waals surface area contributed by atoms with Crippen molar-refractivity contribution in [1.29, 1.82) is 0 Å². The van der Waals surface area contributed by atoms with E-state index in [-0.39, 0.29) is 12.2 Å². The molecule has 6 heteroatoms. The molecule has 0 fully saturated rings. The lowest BCUT2D eigenvalue weighted by molar-refractivity contribution is 0.111. The molecule has 20 heavy (non-hydrogen) atoms. The number of ether oxygens (including phenoxy) is 1. The zero-order valence-corrected chi connectivity index (χ0v) is 15.1. The molecule has 0 aliphatic heterocycles. The SMILES string of the molecule is O=Cc1cc(I)cc(I)c1OCc1c(F)cccc1Cl. The van der Waals surface area contributed by atoms with Gasteiger partial charge in [-0.15, -0.1) is 0 Å². The van der Waals surface area contributed by atoms with E-state index in [0.717, 1.165) is 13.4 Å². The fourth-order valence-corrected chi connectivity index (χ4v) is 3.90. The lowest BCUT2D eigenvalue weighted by atomic mass is 10.2. The molecule has 0 N–H and O–H groups in total. The first-order valence-electron chi connectivity index (χ1n) is 5.53. The summed E-state index contributed by atoms with van der Waals surface area (Å²) in [6.45, 7) is -0.0249. The lowest BCUT2D eigenvalue weighted by Gasteiger charge is -2.12. The van der Waals surface area contributed by atoms with Gasteiger partial charge in [0.05, 0.1) is 14.2 Å². The standard InChI is InChI=1S/C14H8ClFI2O2/c15-11-2-1-3-12(16)10(11)7-20-14-8(6-19)4-9(17)5-13(14)18/h1-6H,7H2. The number of rotatable bonds is 4. The topological polar surface area (TPSA) is 26.3 Å². The maximum absolute atomic E-state index is 13.7. The fraction of sp³-hybridized carbons (Fsp3) is 0.0714. The molecule has 0 aromatic heterocycles. The Bertz CT molecular complexity index is 642. The van der Waals surface area contributed by atoms with Crippen molar-refractivity contribution in [3.05, 3.63) is 59.4 Å². The molecule has 0 saturated carbocycles. The van der Waals surface area contributed by atoms with Gasteiger partial charge in [0.15, 0.2) is 6.29 Å². The number of halogens is 4. The van der Waals surface area contributed by atoms with E-state index in [1.165, 1.54) is 12.1 Å². The highest BCUT2D eigenvalue weighted by atomic mass is 127. The number of aldehydes is 1. The Labute approximate surface area is 147 Å².